The van der Waals surface area contributed by atoms with Crippen molar-refractivity contribution in [1.29, 1.82) is 0 Å². The third-order valence-corrected chi connectivity index (χ3v) is 2.18. The average Bonchev–Trinajstić information content (AvgIpc) is 2.30. The molecule has 0 saturated heterocycles. The van der Waals surface area contributed by atoms with Crippen LogP contribution in [-0.2, 0) is 0 Å². The molecule has 0 aliphatic heterocycles. The summed E-state index contributed by atoms with van der Waals surface area (Å²) in [6.07, 6.45) is 0. The third kappa shape index (κ3) is 2.90. The number of benzene rings is 2. The minimum Gasteiger partial charge on any atom is -0.507 e. The molecule has 0 spiro atoms. The molecule has 0 saturated carbocycles. The number of phenols is 1. The van der Waals surface area contributed by atoms with E-state index in [1.165, 1.54) is 6.07 Å². The number of phenolic OH excluding ortho intramolecular Hbond substituents is 1. The summed E-state index contributed by atoms with van der Waals surface area (Å²) in [5.41, 5.74) is 0.919. The summed E-state index contributed by atoms with van der Waals surface area (Å²) < 4.78 is 0. The molecule has 0 aliphatic rings. The van der Waals surface area contributed by atoms with E-state index in [4.69, 9.17) is 0 Å². The van der Waals surface area contributed by atoms with Gasteiger partial charge in [0, 0.05) is 47.3 Å². The van der Waals surface area contributed by atoms with Gasteiger partial charge in [0.1, 0.15) is 5.75 Å². The number of carbonyl (C=O) groups is 1. The van der Waals surface area contributed by atoms with Crippen LogP contribution in [0.1, 0.15) is 15.9 Å². The second-order valence-corrected chi connectivity index (χ2v) is 3.21. The van der Waals surface area contributed by atoms with E-state index in [0.29, 0.717) is 11.1 Å². The molecule has 0 atom stereocenters. The quantitative estimate of drug-likeness (QED) is 0.855. The van der Waals surface area contributed by atoms with Crippen LogP contribution in [-0.4, -0.2) is 10.9 Å². The molecule has 2 aromatic carbocycles. The molecular weight excluding hydrogens is 328 g/mol. The van der Waals surface area contributed by atoms with Crippen molar-refractivity contribution in [1.82, 2.24) is 0 Å². The van der Waals surface area contributed by atoms with Gasteiger partial charge in [0.05, 0.1) is 5.56 Å². The van der Waals surface area contributed by atoms with E-state index in [9.17, 15) is 9.90 Å². The molecule has 2 aromatic rings. The van der Waals surface area contributed by atoms with E-state index in [1.54, 1.807) is 42.5 Å². The number of carbonyl (C=O) groups excluding carboxylic acids is 1. The van der Waals surface area contributed by atoms with E-state index in [2.05, 4.69) is 0 Å². The Balaban J connectivity index is 0.00000128. The molecule has 0 fully saturated rings. The van der Waals surface area contributed by atoms with Gasteiger partial charge in [0.2, 0.25) is 0 Å². The molecule has 0 aromatic heterocycles. The minimum absolute atomic E-state index is 0. The van der Waals surface area contributed by atoms with E-state index in [-0.39, 0.29) is 53.3 Å². The van der Waals surface area contributed by atoms with Crippen molar-refractivity contribution in [3.05, 3.63) is 65.7 Å². The van der Waals surface area contributed by atoms with Gasteiger partial charge >= 0.3 is 0 Å². The first-order valence-corrected chi connectivity index (χ1v) is 4.67. The Bertz CT molecular complexity index is 480. The first kappa shape index (κ1) is 13.4. The van der Waals surface area contributed by atoms with E-state index in [1.807, 2.05) is 6.07 Å². The smallest absolute Gasteiger partial charge is 0.196 e. The molecule has 0 amide bonds. The minimum atomic E-state index is -0.159. The molecule has 0 bridgehead atoms. The Hall–Kier alpha value is -0.713. The Morgan fingerprint density at radius 3 is 2.06 bits per heavy atom. The van der Waals surface area contributed by atoms with Crippen molar-refractivity contribution < 1.29 is 51.6 Å². The fraction of sp³-hybridized carbons (Fsp3) is 0. The number of aromatic hydroxyl groups is 1. The Kier molecular flexibility index (Phi) is 5.11. The fourth-order valence-electron chi connectivity index (χ4n) is 1.41. The van der Waals surface area contributed by atoms with Gasteiger partial charge < -0.3 is 5.11 Å². The molecule has 0 heterocycles. The molecule has 16 heavy (non-hydrogen) atoms. The molecule has 2 nitrogen and oxygen atoms in total. The van der Waals surface area contributed by atoms with Gasteiger partial charge in [0.15, 0.2) is 5.78 Å². The zero-order chi connectivity index (χ0) is 10.7. The summed E-state index contributed by atoms with van der Waals surface area (Å²) in [7, 11) is 0. The van der Waals surface area contributed by atoms with E-state index in [0.717, 1.165) is 0 Å². The van der Waals surface area contributed by atoms with Crippen molar-refractivity contribution in [3.8, 4) is 5.75 Å². The van der Waals surface area contributed by atoms with Crippen molar-refractivity contribution in [2.45, 2.75) is 0 Å². The number of hydrogen-bond donors (Lipinski definition) is 1. The van der Waals surface area contributed by atoms with Gasteiger partial charge in [0.25, 0.3) is 0 Å². The monoisotopic (exact) mass is 338 g/mol. The first-order valence-electron chi connectivity index (χ1n) is 4.67. The Labute approximate surface area is 128 Å². The molecule has 78 valence electrons. The zero-order valence-electron chi connectivity index (χ0n) is 8.55. The molecule has 2 rings (SSSR count). The maximum absolute atomic E-state index is 11.9. The zero-order valence-corrected chi connectivity index (χ0v) is 11.7. The van der Waals surface area contributed by atoms with Crippen LogP contribution in [0.25, 0.3) is 0 Å². The molecule has 0 aliphatic carbocycles. The molecule has 1 N–H and O–H groups in total. The van der Waals surface area contributed by atoms with Crippen LogP contribution in [0.4, 0.5) is 0 Å². The number of rotatable bonds is 2. The second kappa shape index (κ2) is 6.13. The largest absolute Gasteiger partial charge is 0.507 e. The summed E-state index contributed by atoms with van der Waals surface area (Å²) in [4.78, 5) is 11.9. The molecule has 0 unspecified atom stereocenters. The molecule has 0 radical (unpaired) electrons. The summed E-state index contributed by atoms with van der Waals surface area (Å²) in [5.74, 6) is -0.139. The maximum atomic E-state index is 11.9. The van der Waals surface area contributed by atoms with Crippen LogP contribution in [0.3, 0.4) is 0 Å². The van der Waals surface area contributed by atoms with E-state index >= 15 is 0 Å². The van der Waals surface area contributed by atoms with Crippen LogP contribution in [0, 0.1) is 41.7 Å². The predicted octanol–water partition coefficient (Wildman–Crippen LogP) is 2.62. The molecular formula is C13H10CeO2. The standard InChI is InChI=1S/C13H10O2.Ce/c14-12-9-5-4-8-11(12)13(15)10-6-2-1-3-7-10;/h1-9,14H;. The Morgan fingerprint density at radius 2 is 1.44 bits per heavy atom. The summed E-state index contributed by atoms with van der Waals surface area (Å²) in [5, 5.41) is 9.52. The normalized spacial score (nSPS) is 9.25. The summed E-state index contributed by atoms with van der Waals surface area (Å²) >= 11 is 0. The second-order valence-electron chi connectivity index (χ2n) is 3.21. The van der Waals surface area contributed by atoms with Crippen molar-refractivity contribution in [2.75, 3.05) is 0 Å². The number of ketones is 1. The SMILES string of the molecule is O=C(c1ccccc1)c1ccccc1O.[Ce]. The van der Waals surface area contributed by atoms with Gasteiger partial charge in [-0.3, -0.25) is 4.79 Å². The van der Waals surface area contributed by atoms with Crippen molar-refractivity contribution >= 4 is 5.78 Å². The van der Waals surface area contributed by atoms with Crippen LogP contribution < -0.4 is 0 Å². The summed E-state index contributed by atoms with van der Waals surface area (Å²) in [6, 6.07) is 15.5. The predicted molar refractivity (Wildman–Crippen MR) is 58.0 cm³/mol. The van der Waals surface area contributed by atoms with Gasteiger partial charge in [-0.2, -0.15) is 0 Å². The summed E-state index contributed by atoms with van der Waals surface area (Å²) in [6.45, 7) is 0. The molecule has 3 heteroatoms. The van der Waals surface area contributed by atoms with Crippen LogP contribution in [0.15, 0.2) is 54.6 Å². The van der Waals surface area contributed by atoms with Gasteiger partial charge in [-0.25, -0.2) is 0 Å². The fourth-order valence-corrected chi connectivity index (χ4v) is 1.41. The topological polar surface area (TPSA) is 37.3 Å². The van der Waals surface area contributed by atoms with Crippen molar-refractivity contribution in [2.24, 2.45) is 0 Å². The van der Waals surface area contributed by atoms with Crippen LogP contribution in [0.2, 0.25) is 0 Å². The third-order valence-electron chi connectivity index (χ3n) is 2.18. The van der Waals surface area contributed by atoms with Crippen LogP contribution in [0.5, 0.6) is 5.75 Å². The maximum Gasteiger partial charge on any atom is 0.196 e. The van der Waals surface area contributed by atoms with Gasteiger partial charge in [-0.1, -0.05) is 42.5 Å². The first-order chi connectivity index (χ1) is 7.29. The van der Waals surface area contributed by atoms with E-state index < -0.39 is 0 Å². The van der Waals surface area contributed by atoms with Gasteiger partial charge in [-0.15, -0.1) is 0 Å². The van der Waals surface area contributed by atoms with Gasteiger partial charge in [-0.05, 0) is 12.1 Å². The Morgan fingerprint density at radius 1 is 0.875 bits per heavy atom. The average molecular weight is 338 g/mol. The number of para-hydroxylation sites is 1. The van der Waals surface area contributed by atoms with Crippen LogP contribution >= 0.6 is 0 Å². The number of hydrogen-bond acceptors (Lipinski definition) is 2. The van der Waals surface area contributed by atoms with Crippen molar-refractivity contribution in [3.63, 3.8) is 0 Å².